The van der Waals surface area contributed by atoms with Crippen LogP contribution < -0.4 is 10.1 Å². The number of methoxy groups -OCH3 is 1. The van der Waals surface area contributed by atoms with Gasteiger partial charge >= 0.3 is 12.2 Å². The minimum Gasteiger partial charge on any atom is -0.497 e. The molecule has 7 nitrogen and oxygen atoms in total. The number of hydrogen-bond acceptors (Lipinski definition) is 5. The van der Waals surface area contributed by atoms with Crippen LogP contribution in [0.15, 0.2) is 24.4 Å². The predicted octanol–water partition coefficient (Wildman–Crippen LogP) is 5.06. The number of fused-ring (bicyclic) bond motifs is 1. The molecule has 2 aromatic rings. The van der Waals surface area contributed by atoms with Crippen molar-refractivity contribution < 1.29 is 23.8 Å². The molecule has 1 N–H and O–H groups in total. The summed E-state index contributed by atoms with van der Waals surface area (Å²) in [5.74, 6) is 0.619. The van der Waals surface area contributed by atoms with Crippen LogP contribution >= 0.6 is 0 Å². The second-order valence-electron chi connectivity index (χ2n) is 9.10. The van der Waals surface area contributed by atoms with Crippen molar-refractivity contribution in [3.8, 4) is 5.75 Å². The fourth-order valence-corrected chi connectivity index (χ4v) is 2.88. The molecule has 1 aromatic carbocycles. The first-order valence-electron chi connectivity index (χ1n) is 9.70. The van der Waals surface area contributed by atoms with E-state index in [1.807, 2.05) is 60.6 Å². The molecule has 160 valence electrons. The maximum Gasteiger partial charge on any atom is 0.419 e. The molecule has 2 rings (SSSR count). The van der Waals surface area contributed by atoms with E-state index >= 15 is 0 Å². The zero-order chi connectivity index (χ0) is 22.0. The summed E-state index contributed by atoms with van der Waals surface area (Å²) in [6.07, 6.45) is 0.837. The van der Waals surface area contributed by atoms with Crippen molar-refractivity contribution in [2.75, 3.05) is 13.7 Å². The van der Waals surface area contributed by atoms with Crippen LogP contribution in [0, 0.1) is 0 Å². The molecule has 1 atom stereocenters. The van der Waals surface area contributed by atoms with Gasteiger partial charge in [0.2, 0.25) is 0 Å². The second kappa shape index (κ2) is 8.35. The Labute approximate surface area is 172 Å². The first kappa shape index (κ1) is 22.6. The van der Waals surface area contributed by atoms with Gasteiger partial charge in [-0.3, -0.25) is 4.57 Å². The van der Waals surface area contributed by atoms with Gasteiger partial charge in [-0.05, 0) is 65.3 Å². The zero-order valence-electron chi connectivity index (χ0n) is 18.6. The minimum atomic E-state index is -0.607. The van der Waals surface area contributed by atoms with Crippen molar-refractivity contribution in [3.63, 3.8) is 0 Å². The van der Waals surface area contributed by atoms with Crippen molar-refractivity contribution in [1.29, 1.82) is 0 Å². The molecule has 0 spiro atoms. The highest BCUT2D eigenvalue weighted by atomic mass is 16.6. The zero-order valence-corrected chi connectivity index (χ0v) is 18.6. The Kier molecular flexibility index (Phi) is 6.50. The van der Waals surface area contributed by atoms with Gasteiger partial charge in [0.05, 0.1) is 12.6 Å². The van der Waals surface area contributed by atoms with E-state index in [-0.39, 0.29) is 5.92 Å². The van der Waals surface area contributed by atoms with E-state index in [9.17, 15) is 9.59 Å². The maximum absolute atomic E-state index is 12.7. The van der Waals surface area contributed by atoms with Crippen LogP contribution in [0.5, 0.6) is 5.75 Å². The van der Waals surface area contributed by atoms with Gasteiger partial charge in [0, 0.05) is 24.0 Å². The molecule has 0 radical (unpaired) electrons. The second-order valence-corrected chi connectivity index (χ2v) is 9.10. The molecule has 0 bridgehead atoms. The molecule has 1 aromatic heterocycles. The molecule has 0 fully saturated rings. The molecular weight excluding hydrogens is 372 g/mol. The summed E-state index contributed by atoms with van der Waals surface area (Å²) in [5.41, 5.74) is 0.456. The summed E-state index contributed by atoms with van der Waals surface area (Å²) in [6, 6.07) is 5.52. The summed E-state index contributed by atoms with van der Waals surface area (Å²) < 4.78 is 17.7. The van der Waals surface area contributed by atoms with Crippen LogP contribution in [0.3, 0.4) is 0 Å². The number of amides is 1. The predicted molar refractivity (Wildman–Crippen MR) is 113 cm³/mol. The van der Waals surface area contributed by atoms with E-state index < -0.39 is 23.4 Å². The van der Waals surface area contributed by atoms with Crippen molar-refractivity contribution in [3.05, 3.63) is 30.0 Å². The number of hydrogen-bond donors (Lipinski definition) is 1. The van der Waals surface area contributed by atoms with E-state index in [4.69, 9.17) is 14.2 Å². The topological polar surface area (TPSA) is 78.8 Å². The third kappa shape index (κ3) is 6.14. The number of carbonyl (C=O) groups excluding carboxylic acids is 2. The fourth-order valence-electron chi connectivity index (χ4n) is 2.88. The van der Waals surface area contributed by atoms with Gasteiger partial charge < -0.3 is 19.5 Å². The lowest BCUT2D eigenvalue weighted by Gasteiger charge is -2.21. The first-order valence-corrected chi connectivity index (χ1v) is 9.70. The standard InChI is InChI=1S/C22H32N2O5/c1-14(12-23-19(25)28-21(2,3)4)17-13-24(20(26)29-22(5,6)7)18-10-9-15(27-8)11-16(17)18/h9-11,13-14H,12H2,1-8H3,(H,23,25)/t14-/m0/s1. The number of aromatic nitrogens is 1. The quantitative estimate of drug-likeness (QED) is 0.770. The van der Waals surface area contributed by atoms with E-state index in [1.165, 1.54) is 4.57 Å². The van der Waals surface area contributed by atoms with Crippen LogP contribution in [0.1, 0.15) is 59.9 Å². The lowest BCUT2D eigenvalue weighted by Crippen LogP contribution is -2.34. The minimum absolute atomic E-state index is 0.0687. The molecule has 0 aliphatic rings. The fraction of sp³-hybridized carbons (Fsp3) is 0.545. The van der Waals surface area contributed by atoms with E-state index in [2.05, 4.69) is 5.32 Å². The molecule has 1 heterocycles. The smallest absolute Gasteiger partial charge is 0.419 e. The van der Waals surface area contributed by atoms with Gasteiger partial charge in [0.25, 0.3) is 0 Å². The third-order valence-corrected chi connectivity index (χ3v) is 4.12. The van der Waals surface area contributed by atoms with Crippen molar-refractivity contribution in [1.82, 2.24) is 9.88 Å². The monoisotopic (exact) mass is 404 g/mol. The van der Waals surface area contributed by atoms with Crippen LogP contribution in [-0.4, -0.2) is 41.6 Å². The molecule has 0 saturated carbocycles. The lowest BCUT2D eigenvalue weighted by molar-refractivity contribution is 0.0518. The summed E-state index contributed by atoms with van der Waals surface area (Å²) in [6.45, 7) is 13.3. The van der Waals surface area contributed by atoms with Gasteiger partial charge in [-0.15, -0.1) is 0 Å². The lowest BCUT2D eigenvalue weighted by atomic mass is 10.0. The van der Waals surface area contributed by atoms with Gasteiger partial charge in [0.1, 0.15) is 17.0 Å². The van der Waals surface area contributed by atoms with Crippen LogP contribution in [-0.2, 0) is 9.47 Å². The van der Waals surface area contributed by atoms with Gasteiger partial charge in [-0.25, -0.2) is 9.59 Å². The number of alkyl carbamates (subject to hydrolysis) is 1. The first-order chi connectivity index (χ1) is 13.3. The number of benzene rings is 1. The Bertz CT molecular complexity index is 887. The highest BCUT2D eigenvalue weighted by molar-refractivity contribution is 5.93. The van der Waals surface area contributed by atoms with Crippen LogP contribution in [0.25, 0.3) is 10.9 Å². The number of rotatable bonds is 4. The molecule has 29 heavy (non-hydrogen) atoms. The third-order valence-electron chi connectivity index (χ3n) is 4.12. The molecule has 0 unspecified atom stereocenters. The van der Waals surface area contributed by atoms with Crippen molar-refractivity contribution in [2.24, 2.45) is 0 Å². The van der Waals surface area contributed by atoms with E-state index in [1.54, 1.807) is 19.4 Å². The van der Waals surface area contributed by atoms with Gasteiger partial charge in [-0.1, -0.05) is 6.92 Å². The highest BCUT2D eigenvalue weighted by Crippen LogP contribution is 2.31. The normalized spacial score (nSPS) is 13.1. The van der Waals surface area contributed by atoms with Crippen molar-refractivity contribution >= 4 is 23.1 Å². The Balaban J connectivity index is 2.33. The maximum atomic E-state index is 12.7. The average Bonchev–Trinajstić information content (AvgIpc) is 2.95. The number of ether oxygens (including phenoxy) is 3. The Morgan fingerprint density at radius 1 is 1.07 bits per heavy atom. The number of carbonyl (C=O) groups is 2. The molecule has 0 aliphatic heterocycles. The Morgan fingerprint density at radius 3 is 2.24 bits per heavy atom. The Morgan fingerprint density at radius 2 is 1.69 bits per heavy atom. The summed E-state index contributed by atoms with van der Waals surface area (Å²) in [4.78, 5) is 24.7. The van der Waals surface area contributed by atoms with Gasteiger partial charge in [-0.2, -0.15) is 0 Å². The summed E-state index contributed by atoms with van der Waals surface area (Å²) in [5, 5.41) is 3.66. The van der Waals surface area contributed by atoms with Crippen molar-refractivity contribution in [2.45, 2.75) is 65.6 Å². The molecule has 0 saturated heterocycles. The summed E-state index contributed by atoms with van der Waals surface area (Å²) >= 11 is 0. The molecule has 1 amide bonds. The Hall–Kier alpha value is -2.70. The van der Waals surface area contributed by atoms with Gasteiger partial charge in [0.15, 0.2) is 0 Å². The van der Waals surface area contributed by atoms with Crippen LogP contribution in [0.4, 0.5) is 9.59 Å². The van der Waals surface area contributed by atoms with Crippen LogP contribution in [0.2, 0.25) is 0 Å². The van der Waals surface area contributed by atoms with E-state index in [0.29, 0.717) is 12.3 Å². The molecular formula is C22H32N2O5. The highest BCUT2D eigenvalue weighted by Gasteiger charge is 2.23. The van der Waals surface area contributed by atoms with E-state index in [0.717, 1.165) is 16.5 Å². The number of nitrogens with zero attached hydrogens (tertiary/aromatic N) is 1. The number of nitrogens with one attached hydrogen (secondary N) is 1. The SMILES string of the molecule is COc1ccc2c(c1)c([C@@H](C)CNC(=O)OC(C)(C)C)cn2C(=O)OC(C)(C)C. The molecule has 7 heteroatoms. The summed E-state index contributed by atoms with van der Waals surface area (Å²) in [7, 11) is 1.60. The molecule has 0 aliphatic carbocycles. The largest absolute Gasteiger partial charge is 0.497 e. The average molecular weight is 405 g/mol.